The molecule has 0 amide bonds. The SMILES string of the molecule is C=CC(C)(O)C1OC1C=C(C)C. The average Bonchev–Trinajstić information content (AvgIpc) is 2.67. The van der Waals surface area contributed by atoms with Gasteiger partial charge in [-0.25, -0.2) is 0 Å². The number of epoxide rings is 1. The molecule has 0 spiro atoms. The van der Waals surface area contributed by atoms with Crippen LogP contribution in [0.5, 0.6) is 0 Å². The van der Waals surface area contributed by atoms with Crippen molar-refractivity contribution in [2.75, 3.05) is 0 Å². The molecule has 1 aliphatic heterocycles. The van der Waals surface area contributed by atoms with Crippen LogP contribution in [-0.4, -0.2) is 22.9 Å². The van der Waals surface area contributed by atoms with Crippen LogP contribution in [0.3, 0.4) is 0 Å². The predicted molar refractivity (Wildman–Crippen MR) is 48.9 cm³/mol. The van der Waals surface area contributed by atoms with Crippen molar-refractivity contribution in [2.24, 2.45) is 0 Å². The molecule has 1 aliphatic rings. The summed E-state index contributed by atoms with van der Waals surface area (Å²) >= 11 is 0. The van der Waals surface area contributed by atoms with Crippen LogP contribution < -0.4 is 0 Å². The standard InChI is InChI=1S/C10H16O2/c1-5-10(4,11)9-8(12-9)6-7(2)3/h5-6,8-9,11H,1H2,2-4H3. The van der Waals surface area contributed by atoms with Crippen molar-refractivity contribution in [1.29, 1.82) is 0 Å². The first-order valence-corrected chi connectivity index (χ1v) is 4.14. The topological polar surface area (TPSA) is 32.8 Å². The lowest BCUT2D eigenvalue weighted by Crippen LogP contribution is -2.29. The Bertz CT molecular complexity index is 212. The van der Waals surface area contributed by atoms with E-state index >= 15 is 0 Å². The third kappa shape index (κ3) is 1.96. The van der Waals surface area contributed by atoms with E-state index < -0.39 is 5.60 Å². The third-order valence-electron chi connectivity index (χ3n) is 2.01. The Hall–Kier alpha value is -0.600. The second-order valence-corrected chi connectivity index (χ2v) is 3.70. The molecule has 0 aromatic heterocycles. The molecule has 68 valence electrons. The summed E-state index contributed by atoms with van der Waals surface area (Å²) < 4.78 is 5.29. The number of rotatable bonds is 3. The molecule has 1 N–H and O–H groups in total. The maximum Gasteiger partial charge on any atom is 0.120 e. The molecule has 2 nitrogen and oxygen atoms in total. The van der Waals surface area contributed by atoms with Gasteiger partial charge in [0.25, 0.3) is 0 Å². The van der Waals surface area contributed by atoms with Crippen molar-refractivity contribution < 1.29 is 9.84 Å². The quantitative estimate of drug-likeness (QED) is 0.513. The molecule has 0 radical (unpaired) electrons. The molecule has 1 saturated heterocycles. The third-order valence-corrected chi connectivity index (χ3v) is 2.01. The predicted octanol–water partition coefficient (Wildman–Crippen LogP) is 1.66. The molecule has 3 atom stereocenters. The van der Waals surface area contributed by atoms with E-state index in [0.29, 0.717) is 0 Å². The van der Waals surface area contributed by atoms with Gasteiger partial charge < -0.3 is 9.84 Å². The fraction of sp³-hybridized carbons (Fsp3) is 0.600. The molecular formula is C10H16O2. The Morgan fingerprint density at radius 2 is 2.17 bits per heavy atom. The van der Waals surface area contributed by atoms with E-state index in [9.17, 15) is 5.11 Å². The number of allylic oxidation sites excluding steroid dienone is 1. The highest BCUT2D eigenvalue weighted by Crippen LogP contribution is 2.34. The zero-order valence-corrected chi connectivity index (χ0v) is 7.87. The van der Waals surface area contributed by atoms with Gasteiger partial charge in [0.05, 0.1) is 0 Å². The second-order valence-electron chi connectivity index (χ2n) is 3.70. The van der Waals surface area contributed by atoms with E-state index in [1.807, 2.05) is 19.9 Å². The van der Waals surface area contributed by atoms with Crippen molar-refractivity contribution >= 4 is 0 Å². The largest absolute Gasteiger partial charge is 0.383 e. The molecule has 0 saturated carbocycles. The minimum Gasteiger partial charge on any atom is -0.383 e. The van der Waals surface area contributed by atoms with E-state index in [1.54, 1.807) is 6.92 Å². The van der Waals surface area contributed by atoms with Gasteiger partial charge >= 0.3 is 0 Å². The molecule has 1 fully saturated rings. The minimum atomic E-state index is -0.892. The highest BCUT2D eigenvalue weighted by Gasteiger charge is 2.48. The minimum absolute atomic E-state index is 0.0722. The molecule has 2 heteroatoms. The van der Waals surface area contributed by atoms with E-state index in [-0.39, 0.29) is 12.2 Å². The highest BCUT2D eigenvalue weighted by molar-refractivity contribution is 5.16. The van der Waals surface area contributed by atoms with Crippen LogP contribution in [0.15, 0.2) is 24.3 Å². The zero-order chi connectivity index (χ0) is 9.35. The lowest BCUT2D eigenvalue weighted by molar-refractivity contribution is 0.0771. The van der Waals surface area contributed by atoms with Crippen molar-refractivity contribution in [2.45, 2.75) is 38.6 Å². The molecule has 0 aromatic carbocycles. The van der Waals surface area contributed by atoms with Crippen LogP contribution in [0.25, 0.3) is 0 Å². The molecule has 1 heterocycles. The van der Waals surface area contributed by atoms with E-state index in [0.717, 1.165) is 0 Å². The van der Waals surface area contributed by atoms with Crippen LogP contribution in [0.2, 0.25) is 0 Å². The van der Waals surface area contributed by atoms with Crippen LogP contribution in [0, 0.1) is 0 Å². The number of ether oxygens (including phenoxy) is 1. The molecule has 0 aliphatic carbocycles. The lowest BCUT2D eigenvalue weighted by Gasteiger charge is -2.14. The molecule has 12 heavy (non-hydrogen) atoms. The monoisotopic (exact) mass is 168 g/mol. The number of aliphatic hydroxyl groups is 1. The first-order valence-electron chi connectivity index (χ1n) is 4.14. The van der Waals surface area contributed by atoms with Gasteiger partial charge in [-0.1, -0.05) is 17.7 Å². The Morgan fingerprint density at radius 1 is 1.58 bits per heavy atom. The lowest BCUT2D eigenvalue weighted by atomic mass is 10.00. The second kappa shape index (κ2) is 3.04. The van der Waals surface area contributed by atoms with Crippen molar-refractivity contribution in [3.8, 4) is 0 Å². The van der Waals surface area contributed by atoms with E-state index in [4.69, 9.17) is 4.74 Å². The van der Waals surface area contributed by atoms with Gasteiger partial charge in [-0.2, -0.15) is 0 Å². The van der Waals surface area contributed by atoms with Crippen LogP contribution in [0.4, 0.5) is 0 Å². The normalized spacial score (nSPS) is 32.0. The summed E-state index contributed by atoms with van der Waals surface area (Å²) in [5.74, 6) is 0. The zero-order valence-electron chi connectivity index (χ0n) is 7.87. The van der Waals surface area contributed by atoms with Crippen LogP contribution >= 0.6 is 0 Å². The Kier molecular flexibility index (Phi) is 2.40. The first kappa shape index (κ1) is 9.49. The van der Waals surface area contributed by atoms with Crippen LogP contribution in [0.1, 0.15) is 20.8 Å². The van der Waals surface area contributed by atoms with Crippen molar-refractivity contribution in [3.63, 3.8) is 0 Å². The Labute approximate surface area is 73.5 Å². The van der Waals surface area contributed by atoms with Gasteiger partial charge in [0.1, 0.15) is 17.8 Å². The van der Waals surface area contributed by atoms with Crippen molar-refractivity contribution in [3.05, 3.63) is 24.3 Å². The summed E-state index contributed by atoms with van der Waals surface area (Å²) in [7, 11) is 0. The Balaban J connectivity index is 2.53. The van der Waals surface area contributed by atoms with E-state index in [1.165, 1.54) is 11.6 Å². The van der Waals surface area contributed by atoms with E-state index in [2.05, 4.69) is 6.58 Å². The summed E-state index contributed by atoms with van der Waals surface area (Å²) in [6.07, 6.45) is 3.51. The van der Waals surface area contributed by atoms with Gasteiger partial charge in [-0.15, -0.1) is 6.58 Å². The summed E-state index contributed by atoms with van der Waals surface area (Å²) in [5, 5.41) is 9.67. The van der Waals surface area contributed by atoms with Crippen LogP contribution in [-0.2, 0) is 4.74 Å². The summed E-state index contributed by atoms with van der Waals surface area (Å²) in [5.41, 5.74) is 0.318. The fourth-order valence-electron chi connectivity index (χ4n) is 1.17. The maximum absolute atomic E-state index is 9.67. The van der Waals surface area contributed by atoms with Gasteiger partial charge in [0.2, 0.25) is 0 Å². The average molecular weight is 168 g/mol. The fourth-order valence-corrected chi connectivity index (χ4v) is 1.17. The van der Waals surface area contributed by atoms with Crippen molar-refractivity contribution in [1.82, 2.24) is 0 Å². The molecule has 0 bridgehead atoms. The van der Waals surface area contributed by atoms with Gasteiger partial charge in [-0.05, 0) is 20.8 Å². The van der Waals surface area contributed by atoms with Gasteiger partial charge in [0.15, 0.2) is 0 Å². The number of hydrogen-bond donors (Lipinski definition) is 1. The van der Waals surface area contributed by atoms with Gasteiger partial charge in [-0.3, -0.25) is 0 Å². The summed E-state index contributed by atoms with van der Waals surface area (Å²) in [6.45, 7) is 9.30. The maximum atomic E-state index is 9.67. The molecule has 3 unspecified atom stereocenters. The van der Waals surface area contributed by atoms with Gasteiger partial charge in [0, 0.05) is 0 Å². The highest BCUT2D eigenvalue weighted by atomic mass is 16.6. The summed E-state index contributed by atoms with van der Waals surface area (Å²) in [6, 6.07) is 0. The molecule has 0 aromatic rings. The number of hydrogen-bond acceptors (Lipinski definition) is 2. The Morgan fingerprint density at radius 3 is 2.58 bits per heavy atom. The molecular weight excluding hydrogens is 152 g/mol. The first-order chi connectivity index (χ1) is 5.47. The summed E-state index contributed by atoms with van der Waals surface area (Å²) in [4.78, 5) is 0. The smallest absolute Gasteiger partial charge is 0.120 e. The molecule has 1 rings (SSSR count).